The SMILES string of the molecule is C=CC#Cc1ccc(-n2cc(CNC(=O)c3ccc(C4(C(F)(F)F)N=N4)cc3)nn2)cc1. The van der Waals surface area contributed by atoms with Gasteiger partial charge in [0.15, 0.2) is 0 Å². The van der Waals surface area contributed by atoms with Gasteiger partial charge in [0.2, 0.25) is 0 Å². The van der Waals surface area contributed by atoms with Crippen molar-refractivity contribution in [3.63, 3.8) is 0 Å². The highest BCUT2D eigenvalue weighted by Gasteiger charge is 2.65. The Morgan fingerprint density at radius 1 is 1.12 bits per heavy atom. The van der Waals surface area contributed by atoms with Crippen molar-refractivity contribution in [2.45, 2.75) is 18.4 Å². The molecule has 32 heavy (non-hydrogen) atoms. The number of nitrogens with zero attached hydrogens (tertiary/aromatic N) is 5. The van der Waals surface area contributed by atoms with Crippen LogP contribution in [0.2, 0.25) is 0 Å². The van der Waals surface area contributed by atoms with Crippen LogP contribution in [-0.4, -0.2) is 27.1 Å². The lowest BCUT2D eigenvalue weighted by atomic mass is 10.0. The van der Waals surface area contributed by atoms with Crippen LogP contribution < -0.4 is 5.32 Å². The quantitative estimate of drug-likeness (QED) is 0.616. The summed E-state index contributed by atoms with van der Waals surface area (Å²) in [5, 5.41) is 17.0. The summed E-state index contributed by atoms with van der Waals surface area (Å²) in [4.78, 5) is 12.3. The number of alkyl halides is 3. The smallest absolute Gasteiger partial charge is 0.346 e. The molecule has 1 aromatic heterocycles. The molecule has 7 nitrogen and oxygen atoms in total. The zero-order valence-electron chi connectivity index (χ0n) is 16.5. The summed E-state index contributed by atoms with van der Waals surface area (Å²) < 4.78 is 40.7. The fourth-order valence-corrected chi connectivity index (χ4v) is 2.91. The van der Waals surface area contributed by atoms with Gasteiger partial charge in [-0.3, -0.25) is 4.79 Å². The van der Waals surface area contributed by atoms with Gasteiger partial charge in [0.1, 0.15) is 5.69 Å². The first-order chi connectivity index (χ1) is 15.3. The minimum absolute atomic E-state index is 0.0979. The first kappa shape index (κ1) is 21.0. The van der Waals surface area contributed by atoms with E-state index >= 15 is 0 Å². The average Bonchev–Trinajstić information content (AvgIpc) is 3.49. The third-order valence-electron chi connectivity index (χ3n) is 4.67. The van der Waals surface area contributed by atoms with E-state index in [1.54, 1.807) is 10.9 Å². The maximum atomic E-state index is 13.1. The van der Waals surface area contributed by atoms with Gasteiger partial charge in [-0.2, -0.15) is 13.2 Å². The maximum absolute atomic E-state index is 13.1. The number of nitrogens with one attached hydrogen (secondary N) is 1. The van der Waals surface area contributed by atoms with Crippen molar-refractivity contribution in [3.05, 3.63) is 89.8 Å². The molecule has 1 amide bonds. The Hall–Kier alpha value is -4.26. The van der Waals surface area contributed by atoms with Crippen LogP contribution in [0.25, 0.3) is 5.69 Å². The normalized spacial score (nSPS) is 13.7. The Labute approximate surface area is 180 Å². The minimum atomic E-state index is -4.61. The summed E-state index contributed by atoms with van der Waals surface area (Å²) in [6.45, 7) is 3.64. The summed E-state index contributed by atoms with van der Waals surface area (Å²) in [7, 11) is 0. The fraction of sp³-hybridized carbons (Fsp3) is 0.136. The van der Waals surface area contributed by atoms with Gasteiger partial charge >= 0.3 is 11.8 Å². The minimum Gasteiger partial charge on any atom is -0.346 e. The number of aromatic nitrogens is 3. The number of hydrogen-bond donors (Lipinski definition) is 1. The summed E-state index contributed by atoms with van der Waals surface area (Å²) in [5.74, 6) is 5.23. The van der Waals surface area contributed by atoms with Gasteiger partial charge in [-0.05, 0) is 42.5 Å². The average molecular weight is 436 g/mol. The van der Waals surface area contributed by atoms with Crippen molar-refractivity contribution in [1.82, 2.24) is 20.3 Å². The number of rotatable bonds is 5. The fourth-order valence-electron chi connectivity index (χ4n) is 2.91. The first-order valence-corrected chi connectivity index (χ1v) is 9.36. The van der Waals surface area contributed by atoms with E-state index in [9.17, 15) is 18.0 Å². The van der Waals surface area contributed by atoms with Crippen LogP contribution in [0.4, 0.5) is 13.2 Å². The van der Waals surface area contributed by atoms with Crippen molar-refractivity contribution < 1.29 is 18.0 Å². The molecule has 1 aliphatic heterocycles. The number of carbonyl (C=O) groups is 1. The molecule has 10 heteroatoms. The molecule has 0 fully saturated rings. The first-order valence-electron chi connectivity index (χ1n) is 9.36. The molecule has 3 aromatic rings. The van der Waals surface area contributed by atoms with E-state index in [1.807, 2.05) is 24.3 Å². The van der Waals surface area contributed by atoms with Crippen LogP contribution in [0.3, 0.4) is 0 Å². The van der Waals surface area contributed by atoms with Crippen LogP contribution in [0.15, 0.2) is 77.6 Å². The van der Waals surface area contributed by atoms with Crippen molar-refractivity contribution in [2.75, 3.05) is 0 Å². The van der Waals surface area contributed by atoms with Gasteiger partial charge in [-0.1, -0.05) is 35.8 Å². The van der Waals surface area contributed by atoms with Crippen molar-refractivity contribution >= 4 is 5.91 Å². The molecular weight excluding hydrogens is 421 g/mol. The third kappa shape index (κ3) is 4.13. The van der Waals surface area contributed by atoms with E-state index in [4.69, 9.17) is 0 Å². The Morgan fingerprint density at radius 2 is 1.81 bits per heavy atom. The molecule has 0 radical (unpaired) electrons. The van der Waals surface area contributed by atoms with Crippen LogP contribution in [0.1, 0.15) is 27.2 Å². The van der Waals surface area contributed by atoms with Gasteiger partial charge in [-0.25, -0.2) is 4.68 Å². The predicted molar refractivity (Wildman–Crippen MR) is 109 cm³/mol. The molecule has 0 unspecified atom stereocenters. The van der Waals surface area contributed by atoms with Crippen molar-refractivity contribution in [2.24, 2.45) is 10.2 Å². The largest absolute Gasteiger partial charge is 0.442 e. The summed E-state index contributed by atoms with van der Waals surface area (Å²) in [6, 6.07) is 12.3. The lowest BCUT2D eigenvalue weighted by Crippen LogP contribution is -2.30. The molecule has 2 heterocycles. The van der Waals surface area contributed by atoms with E-state index in [1.165, 1.54) is 30.3 Å². The Bertz CT molecular complexity index is 1240. The van der Waals surface area contributed by atoms with Crippen LogP contribution >= 0.6 is 0 Å². The molecule has 0 saturated heterocycles. The zero-order valence-corrected chi connectivity index (χ0v) is 16.5. The van der Waals surface area contributed by atoms with E-state index in [-0.39, 0.29) is 17.7 Å². The molecule has 0 saturated carbocycles. The number of benzene rings is 2. The zero-order chi connectivity index (χ0) is 22.8. The van der Waals surface area contributed by atoms with Crippen LogP contribution in [0, 0.1) is 11.8 Å². The van der Waals surface area contributed by atoms with Crippen molar-refractivity contribution in [3.8, 4) is 17.5 Å². The predicted octanol–water partition coefficient (Wildman–Crippen LogP) is 3.92. The lowest BCUT2D eigenvalue weighted by molar-refractivity contribution is -0.166. The second-order valence-electron chi connectivity index (χ2n) is 6.80. The number of carbonyl (C=O) groups excluding carboxylic acids is 1. The number of hydrogen-bond acceptors (Lipinski definition) is 5. The van der Waals surface area contributed by atoms with Gasteiger partial charge in [0.05, 0.1) is 18.4 Å². The lowest BCUT2D eigenvalue weighted by Gasteiger charge is -2.14. The highest BCUT2D eigenvalue weighted by Crippen LogP contribution is 2.52. The third-order valence-corrected chi connectivity index (χ3v) is 4.67. The molecule has 0 spiro atoms. The molecule has 1 N–H and O–H groups in total. The van der Waals surface area contributed by atoms with Crippen LogP contribution in [-0.2, 0) is 12.2 Å². The molecule has 4 rings (SSSR count). The Morgan fingerprint density at radius 3 is 2.41 bits per heavy atom. The van der Waals surface area contributed by atoms with Crippen molar-refractivity contribution in [1.29, 1.82) is 0 Å². The molecule has 160 valence electrons. The summed E-state index contributed by atoms with van der Waals surface area (Å²) in [6.07, 6.45) is -1.43. The molecule has 0 aliphatic carbocycles. The summed E-state index contributed by atoms with van der Waals surface area (Å²) in [5.41, 5.74) is -0.322. The summed E-state index contributed by atoms with van der Waals surface area (Å²) >= 11 is 0. The topological polar surface area (TPSA) is 84.5 Å². The Balaban J connectivity index is 1.37. The van der Waals surface area contributed by atoms with E-state index in [0.29, 0.717) is 5.69 Å². The number of halogens is 3. The van der Waals surface area contributed by atoms with Gasteiger partial charge in [0.25, 0.3) is 5.91 Å². The van der Waals surface area contributed by atoms with Gasteiger partial charge in [-0.15, -0.1) is 15.3 Å². The molecule has 2 aromatic carbocycles. The van der Waals surface area contributed by atoms with Gasteiger partial charge in [0, 0.05) is 16.7 Å². The molecular formula is C22H15F3N6O. The standard InChI is InChI=1S/C22H15F3N6O/c1-2-3-4-15-5-11-19(12-6-15)31-14-18(27-30-31)13-26-20(32)16-7-9-17(10-8-16)21(28-29-21)22(23,24)25/h2,5-12,14H,1,13H2,(H,26,32). The highest BCUT2D eigenvalue weighted by molar-refractivity contribution is 5.94. The molecule has 0 bridgehead atoms. The van der Waals surface area contributed by atoms with Gasteiger partial charge < -0.3 is 5.32 Å². The molecule has 1 aliphatic rings. The maximum Gasteiger partial charge on any atom is 0.442 e. The molecule has 0 atom stereocenters. The number of allylic oxidation sites excluding steroid dienone is 1. The van der Waals surface area contributed by atoms with E-state index in [0.717, 1.165) is 11.3 Å². The Kier molecular flexibility index (Phi) is 5.32. The monoisotopic (exact) mass is 436 g/mol. The highest BCUT2D eigenvalue weighted by atomic mass is 19.4. The van der Waals surface area contributed by atoms with E-state index < -0.39 is 17.7 Å². The second-order valence-corrected chi connectivity index (χ2v) is 6.80. The number of amides is 1. The van der Waals surface area contributed by atoms with E-state index in [2.05, 4.69) is 44.3 Å². The second kappa shape index (κ2) is 8.11. The van der Waals surface area contributed by atoms with Crippen LogP contribution in [0.5, 0.6) is 0 Å².